The van der Waals surface area contributed by atoms with Crippen LogP contribution in [-0.4, -0.2) is 16.8 Å². The normalized spacial score (nSPS) is 12.6. The monoisotopic (exact) mass is 257 g/mol. The molecule has 1 N–H and O–H groups in total. The van der Waals surface area contributed by atoms with E-state index in [0.29, 0.717) is 6.04 Å². The van der Waals surface area contributed by atoms with Gasteiger partial charge < -0.3 is 5.32 Å². The first-order chi connectivity index (χ1) is 9.19. The molecule has 0 saturated heterocycles. The van der Waals surface area contributed by atoms with Gasteiger partial charge in [0.15, 0.2) is 0 Å². The van der Waals surface area contributed by atoms with Crippen molar-refractivity contribution in [1.29, 1.82) is 0 Å². The van der Waals surface area contributed by atoms with E-state index >= 15 is 0 Å². The van der Waals surface area contributed by atoms with E-state index in [2.05, 4.69) is 66.2 Å². The predicted molar refractivity (Wildman–Crippen MR) is 79.8 cm³/mol. The summed E-state index contributed by atoms with van der Waals surface area (Å²) in [5.74, 6) is 0. The van der Waals surface area contributed by atoms with Crippen LogP contribution in [0.15, 0.2) is 30.3 Å². The lowest BCUT2D eigenvalue weighted by molar-refractivity contribution is 0.652. The Labute approximate surface area is 115 Å². The van der Waals surface area contributed by atoms with Crippen LogP contribution in [0.25, 0.3) is 5.69 Å². The smallest absolute Gasteiger partial charge is 0.0649 e. The van der Waals surface area contributed by atoms with Gasteiger partial charge in [-0.25, -0.2) is 4.68 Å². The van der Waals surface area contributed by atoms with Crippen molar-refractivity contribution in [2.45, 2.75) is 39.7 Å². The Kier molecular flexibility index (Phi) is 4.38. The zero-order chi connectivity index (χ0) is 13.8. The molecule has 0 bridgehead atoms. The van der Waals surface area contributed by atoms with E-state index in [-0.39, 0.29) is 0 Å². The van der Waals surface area contributed by atoms with Gasteiger partial charge in [-0.05, 0) is 50.6 Å². The molecular weight excluding hydrogens is 234 g/mol. The van der Waals surface area contributed by atoms with Crippen molar-refractivity contribution >= 4 is 0 Å². The van der Waals surface area contributed by atoms with Gasteiger partial charge in [-0.2, -0.15) is 5.10 Å². The number of hydrogen-bond acceptors (Lipinski definition) is 2. The average molecular weight is 257 g/mol. The van der Waals surface area contributed by atoms with Crippen LogP contribution in [0.2, 0.25) is 0 Å². The number of rotatable bonds is 5. The minimum absolute atomic E-state index is 0.378. The van der Waals surface area contributed by atoms with Crippen LogP contribution in [0.4, 0.5) is 0 Å². The molecule has 3 heteroatoms. The zero-order valence-electron chi connectivity index (χ0n) is 12.3. The predicted octanol–water partition coefficient (Wildman–Crippen LogP) is 3.28. The van der Waals surface area contributed by atoms with Gasteiger partial charge in [0.25, 0.3) is 0 Å². The van der Waals surface area contributed by atoms with Crippen LogP contribution in [0, 0.1) is 0 Å². The highest BCUT2D eigenvalue weighted by Gasteiger charge is 2.08. The maximum atomic E-state index is 4.67. The van der Waals surface area contributed by atoms with E-state index in [4.69, 9.17) is 0 Å². The summed E-state index contributed by atoms with van der Waals surface area (Å²) in [7, 11) is 1.98. The molecule has 0 spiro atoms. The number of nitrogens with zero attached hydrogens (tertiary/aromatic N) is 2. The first kappa shape index (κ1) is 13.8. The lowest BCUT2D eigenvalue weighted by Crippen LogP contribution is -2.12. The summed E-state index contributed by atoms with van der Waals surface area (Å²) < 4.78 is 2.06. The van der Waals surface area contributed by atoms with Gasteiger partial charge in [-0.15, -0.1) is 0 Å². The summed E-state index contributed by atoms with van der Waals surface area (Å²) >= 11 is 0. The number of aromatic nitrogens is 2. The summed E-state index contributed by atoms with van der Waals surface area (Å²) in [6.07, 6.45) is 1.98. The van der Waals surface area contributed by atoms with Gasteiger partial charge in [-0.1, -0.05) is 26.0 Å². The second kappa shape index (κ2) is 6.02. The van der Waals surface area contributed by atoms with E-state index in [0.717, 1.165) is 24.2 Å². The van der Waals surface area contributed by atoms with Gasteiger partial charge in [0.1, 0.15) is 0 Å². The Morgan fingerprint density at radius 1 is 1.16 bits per heavy atom. The van der Waals surface area contributed by atoms with Gasteiger partial charge >= 0.3 is 0 Å². The van der Waals surface area contributed by atoms with Crippen molar-refractivity contribution in [2.24, 2.45) is 0 Å². The van der Waals surface area contributed by atoms with Crippen molar-refractivity contribution in [1.82, 2.24) is 15.1 Å². The maximum Gasteiger partial charge on any atom is 0.0649 e. The van der Waals surface area contributed by atoms with Crippen molar-refractivity contribution in [3.63, 3.8) is 0 Å². The van der Waals surface area contributed by atoms with Crippen molar-refractivity contribution in [2.75, 3.05) is 7.05 Å². The first-order valence-corrected chi connectivity index (χ1v) is 7.05. The first-order valence-electron chi connectivity index (χ1n) is 7.05. The fourth-order valence-electron chi connectivity index (χ4n) is 2.19. The second-order valence-corrected chi connectivity index (χ2v) is 4.85. The molecule has 0 fully saturated rings. The third-order valence-electron chi connectivity index (χ3n) is 3.63. The molecule has 3 nitrogen and oxygen atoms in total. The summed E-state index contributed by atoms with van der Waals surface area (Å²) in [5.41, 5.74) is 4.87. The van der Waals surface area contributed by atoms with Gasteiger partial charge in [0.05, 0.1) is 11.4 Å². The lowest BCUT2D eigenvalue weighted by atomic mass is 10.1. The van der Waals surface area contributed by atoms with Crippen LogP contribution >= 0.6 is 0 Å². The zero-order valence-corrected chi connectivity index (χ0v) is 12.3. The molecule has 1 unspecified atom stereocenters. The molecule has 0 saturated carbocycles. The van der Waals surface area contributed by atoms with E-state index in [1.807, 2.05) is 7.05 Å². The topological polar surface area (TPSA) is 29.9 Å². The number of aryl methyl sites for hydroxylation is 2. The highest BCUT2D eigenvalue weighted by atomic mass is 15.3. The third-order valence-corrected chi connectivity index (χ3v) is 3.63. The van der Waals surface area contributed by atoms with Crippen LogP contribution in [0.3, 0.4) is 0 Å². The van der Waals surface area contributed by atoms with Gasteiger partial charge in [-0.3, -0.25) is 0 Å². The van der Waals surface area contributed by atoms with Crippen molar-refractivity contribution in [3.8, 4) is 5.69 Å². The molecule has 0 amide bonds. The molecule has 0 aliphatic rings. The number of nitrogens with one attached hydrogen (secondary N) is 1. The highest BCUT2D eigenvalue weighted by Crippen LogP contribution is 2.17. The molecule has 2 rings (SSSR count). The molecule has 0 radical (unpaired) electrons. The number of benzene rings is 1. The fourth-order valence-corrected chi connectivity index (χ4v) is 2.19. The molecule has 0 aliphatic heterocycles. The van der Waals surface area contributed by atoms with E-state index < -0.39 is 0 Å². The van der Waals surface area contributed by atoms with Crippen LogP contribution in [0.1, 0.15) is 43.8 Å². The highest BCUT2D eigenvalue weighted by molar-refractivity contribution is 5.37. The molecule has 2 aromatic rings. The summed E-state index contributed by atoms with van der Waals surface area (Å²) in [6.45, 7) is 6.48. The lowest BCUT2D eigenvalue weighted by Gasteiger charge is -2.12. The minimum atomic E-state index is 0.378. The molecule has 1 atom stereocenters. The molecule has 1 heterocycles. The molecule has 1 aromatic carbocycles. The molecule has 19 heavy (non-hydrogen) atoms. The third kappa shape index (κ3) is 2.87. The quantitative estimate of drug-likeness (QED) is 0.891. The van der Waals surface area contributed by atoms with Crippen molar-refractivity contribution < 1.29 is 0 Å². The molecule has 0 aliphatic carbocycles. The van der Waals surface area contributed by atoms with E-state index in [9.17, 15) is 0 Å². The SMILES string of the molecule is CCc1cc(CC)n(-c2ccc(C(C)NC)cc2)n1. The van der Waals surface area contributed by atoms with E-state index in [1.165, 1.54) is 11.3 Å². The Bertz CT molecular complexity index is 525. The molecule has 1 aromatic heterocycles. The Morgan fingerprint density at radius 2 is 1.84 bits per heavy atom. The Morgan fingerprint density at radius 3 is 2.37 bits per heavy atom. The van der Waals surface area contributed by atoms with Crippen molar-refractivity contribution in [3.05, 3.63) is 47.3 Å². The van der Waals surface area contributed by atoms with Crippen LogP contribution < -0.4 is 5.32 Å². The van der Waals surface area contributed by atoms with Crippen LogP contribution in [0.5, 0.6) is 0 Å². The summed E-state index contributed by atoms with van der Waals surface area (Å²) in [6, 6.07) is 11.2. The Hall–Kier alpha value is -1.61. The summed E-state index contributed by atoms with van der Waals surface area (Å²) in [5, 5.41) is 7.92. The average Bonchev–Trinajstić information content (AvgIpc) is 2.90. The molecule has 102 valence electrons. The summed E-state index contributed by atoms with van der Waals surface area (Å²) in [4.78, 5) is 0. The number of hydrogen-bond donors (Lipinski definition) is 1. The molecular formula is C16H23N3. The largest absolute Gasteiger partial charge is 0.313 e. The van der Waals surface area contributed by atoms with Gasteiger partial charge in [0, 0.05) is 11.7 Å². The Balaban J connectivity index is 2.34. The minimum Gasteiger partial charge on any atom is -0.313 e. The fraction of sp³-hybridized carbons (Fsp3) is 0.438. The van der Waals surface area contributed by atoms with Gasteiger partial charge in [0.2, 0.25) is 0 Å². The van der Waals surface area contributed by atoms with E-state index in [1.54, 1.807) is 0 Å². The standard InChI is InChI=1S/C16H23N3/c1-5-14-11-15(6-2)19(18-14)16-9-7-13(8-10-16)12(3)17-4/h7-12,17H,5-6H2,1-4H3. The second-order valence-electron chi connectivity index (χ2n) is 4.85. The van der Waals surface area contributed by atoms with Crippen LogP contribution in [-0.2, 0) is 12.8 Å². The maximum absolute atomic E-state index is 4.67.